The van der Waals surface area contributed by atoms with Crippen LogP contribution in [0.1, 0.15) is 30.9 Å². The fourth-order valence-corrected chi connectivity index (χ4v) is 2.22. The lowest BCUT2D eigenvalue weighted by Gasteiger charge is -2.09. The average Bonchev–Trinajstić information content (AvgIpc) is 2.53. The van der Waals surface area contributed by atoms with Crippen LogP contribution in [0.25, 0.3) is 5.57 Å². The van der Waals surface area contributed by atoms with Crippen LogP contribution in [0.4, 0.5) is 0 Å². The van der Waals surface area contributed by atoms with Gasteiger partial charge in [-0.05, 0) is 29.7 Å². The molecule has 1 heteroatoms. The third kappa shape index (κ3) is 4.36. The molecule has 0 radical (unpaired) electrons. The summed E-state index contributed by atoms with van der Waals surface area (Å²) in [6, 6.07) is 21.2. The molecule has 0 aromatic heterocycles. The standard InChI is InChI=1S/C19H23N/c1-2-3-15-20-16-14-19(17-10-6-4-7-11-17)18-12-8-5-9-13-18/h4-14,20H,2-3,15-16H2,1H3. The van der Waals surface area contributed by atoms with Crippen LogP contribution in [0, 0.1) is 0 Å². The van der Waals surface area contributed by atoms with E-state index in [1.807, 2.05) is 0 Å². The summed E-state index contributed by atoms with van der Waals surface area (Å²) in [5.41, 5.74) is 3.85. The Balaban J connectivity index is 2.15. The maximum Gasteiger partial charge on any atom is 0.0144 e. The zero-order valence-electron chi connectivity index (χ0n) is 12.2. The SMILES string of the molecule is CCCCNCC=C(c1ccccc1)c1ccccc1. The first-order chi connectivity index (χ1) is 9.92. The lowest BCUT2D eigenvalue weighted by molar-refractivity contribution is 0.681. The Labute approximate surface area is 122 Å². The van der Waals surface area contributed by atoms with Crippen LogP contribution in [0.5, 0.6) is 0 Å². The van der Waals surface area contributed by atoms with Crippen LogP contribution in [0.2, 0.25) is 0 Å². The molecule has 0 amide bonds. The quantitative estimate of drug-likeness (QED) is 0.726. The van der Waals surface area contributed by atoms with Gasteiger partial charge in [0.15, 0.2) is 0 Å². The van der Waals surface area contributed by atoms with Gasteiger partial charge in [-0.1, -0.05) is 80.1 Å². The van der Waals surface area contributed by atoms with Crippen molar-refractivity contribution in [3.8, 4) is 0 Å². The van der Waals surface area contributed by atoms with Gasteiger partial charge in [-0.25, -0.2) is 0 Å². The number of benzene rings is 2. The van der Waals surface area contributed by atoms with E-state index in [1.165, 1.54) is 29.5 Å². The second-order valence-electron chi connectivity index (χ2n) is 4.91. The molecular formula is C19H23N. The van der Waals surface area contributed by atoms with Gasteiger partial charge < -0.3 is 5.32 Å². The number of unbranched alkanes of at least 4 members (excludes halogenated alkanes) is 1. The van der Waals surface area contributed by atoms with E-state index < -0.39 is 0 Å². The molecule has 0 spiro atoms. The minimum Gasteiger partial charge on any atom is -0.313 e. The van der Waals surface area contributed by atoms with Gasteiger partial charge in [0.25, 0.3) is 0 Å². The smallest absolute Gasteiger partial charge is 0.0144 e. The van der Waals surface area contributed by atoms with E-state index in [-0.39, 0.29) is 0 Å². The second kappa shape index (κ2) is 8.34. The van der Waals surface area contributed by atoms with Crippen LogP contribution >= 0.6 is 0 Å². The van der Waals surface area contributed by atoms with Gasteiger partial charge in [0.1, 0.15) is 0 Å². The van der Waals surface area contributed by atoms with Crippen molar-refractivity contribution >= 4 is 5.57 Å². The zero-order chi connectivity index (χ0) is 14.0. The lowest BCUT2D eigenvalue weighted by atomic mass is 9.97. The molecule has 20 heavy (non-hydrogen) atoms. The minimum atomic E-state index is 0.916. The van der Waals surface area contributed by atoms with Crippen LogP contribution in [0.15, 0.2) is 66.7 Å². The highest BCUT2D eigenvalue weighted by Crippen LogP contribution is 2.22. The Bertz CT molecular complexity index is 472. The molecule has 1 nitrogen and oxygen atoms in total. The Morgan fingerprint density at radius 2 is 1.45 bits per heavy atom. The highest BCUT2D eigenvalue weighted by atomic mass is 14.8. The van der Waals surface area contributed by atoms with Crippen molar-refractivity contribution in [3.05, 3.63) is 77.9 Å². The summed E-state index contributed by atoms with van der Waals surface area (Å²) >= 11 is 0. The normalized spacial score (nSPS) is 10.2. The number of hydrogen-bond donors (Lipinski definition) is 1. The Kier molecular flexibility index (Phi) is 6.07. The summed E-state index contributed by atoms with van der Waals surface area (Å²) in [5.74, 6) is 0. The van der Waals surface area contributed by atoms with E-state index in [0.29, 0.717) is 0 Å². The molecule has 2 aromatic rings. The average molecular weight is 265 g/mol. The Hall–Kier alpha value is -1.86. The molecule has 0 atom stereocenters. The van der Waals surface area contributed by atoms with Gasteiger partial charge in [-0.15, -0.1) is 0 Å². The van der Waals surface area contributed by atoms with Crippen molar-refractivity contribution in [1.82, 2.24) is 5.32 Å². The summed E-state index contributed by atoms with van der Waals surface area (Å²) in [7, 11) is 0. The Morgan fingerprint density at radius 1 is 0.900 bits per heavy atom. The first-order valence-electron chi connectivity index (χ1n) is 7.43. The molecule has 0 saturated heterocycles. The molecule has 2 aromatic carbocycles. The highest BCUT2D eigenvalue weighted by Gasteiger charge is 2.03. The van der Waals surface area contributed by atoms with Crippen LogP contribution in [-0.4, -0.2) is 13.1 Å². The molecule has 2 rings (SSSR count). The molecular weight excluding hydrogens is 242 g/mol. The molecule has 1 N–H and O–H groups in total. The topological polar surface area (TPSA) is 12.0 Å². The minimum absolute atomic E-state index is 0.916. The van der Waals surface area contributed by atoms with Gasteiger partial charge in [0, 0.05) is 6.54 Å². The molecule has 0 heterocycles. The first-order valence-corrected chi connectivity index (χ1v) is 7.43. The fraction of sp³-hybridized carbons (Fsp3) is 0.263. The van der Waals surface area contributed by atoms with Crippen molar-refractivity contribution in [2.24, 2.45) is 0 Å². The second-order valence-corrected chi connectivity index (χ2v) is 4.91. The van der Waals surface area contributed by atoms with Crippen LogP contribution in [0.3, 0.4) is 0 Å². The fourth-order valence-electron chi connectivity index (χ4n) is 2.22. The molecule has 0 unspecified atom stereocenters. The molecule has 0 fully saturated rings. The molecule has 0 aliphatic carbocycles. The molecule has 0 aliphatic rings. The van der Waals surface area contributed by atoms with Gasteiger partial charge >= 0.3 is 0 Å². The van der Waals surface area contributed by atoms with Crippen LogP contribution in [-0.2, 0) is 0 Å². The summed E-state index contributed by atoms with van der Waals surface area (Å²) in [6.07, 6.45) is 4.76. The Morgan fingerprint density at radius 3 is 1.95 bits per heavy atom. The number of nitrogens with one attached hydrogen (secondary N) is 1. The number of rotatable bonds is 7. The summed E-state index contributed by atoms with van der Waals surface area (Å²) in [4.78, 5) is 0. The van der Waals surface area contributed by atoms with E-state index in [1.54, 1.807) is 0 Å². The van der Waals surface area contributed by atoms with Crippen molar-refractivity contribution in [1.29, 1.82) is 0 Å². The zero-order valence-corrected chi connectivity index (χ0v) is 12.2. The van der Waals surface area contributed by atoms with E-state index in [4.69, 9.17) is 0 Å². The van der Waals surface area contributed by atoms with E-state index in [0.717, 1.165) is 13.1 Å². The summed E-state index contributed by atoms with van der Waals surface area (Å²) in [5, 5.41) is 3.48. The molecule has 0 bridgehead atoms. The lowest BCUT2D eigenvalue weighted by Crippen LogP contribution is -2.15. The predicted molar refractivity (Wildman–Crippen MR) is 87.7 cm³/mol. The maximum absolute atomic E-state index is 3.48. The largest absolute Gasteiger partial charge is 0.313 e. The molecule has 104 valence electrons. The van der Waals surface area contributed by atoms with Crippen molar-refractivity contribution < 1.29 is 0 Å². The molecule has 0 aliphatic heterocycles. The van der Waals surface area contributed by atoms with Crippen molar-refractivity contribution in [2.45, 2.75) is 19.8 Å². The summed E-state index contributed by atoms with van der Waals surface area (Å²) in [6.45, 7) is 4.22. The van der Waals surface area contributed by atoms with Crippen molar-refractivity contribution in [3.63, 3.8) is 0 Å². The van der Waals surface area contributed by atoms with Gasteiger partial charge in [0.2, 0.25) is 0 Å². The van der Waals surface area contributed by atoms with Gasteiger partial charge in [0.05, 0.1) is 0 Å². The number of hydrogen-bond acceptors (Lipinski definition) is 1. The first kappa shape index (κ1) is 14.5. The highest BCUT2D eigenvalue weighted by molar-refractivity contribution is 5.79. The van der Waals surface area contributed by atoms with Gasteiger partial charge in [-0.3, -0.25) is 0 Å². The summed E-state index contributed by atoms with van der Waals surface area (Å²) < 4.78 is 0. The van der Waals surface area contributed by atoms with E-state index in [2.05, 4.69) is 79.0 Å². The monoisotopic (exact) mass is 265 g/mol. The van der Waals surface area contributed by atoms with Gasteiger partial charge in [-0.2, -0.15) is 0 Å². The van der Waals surface area contributed by atoms with E-state index >= 15 is 0 Å². The van der Waals surface area contributed by atoms with Crippen LogP contribution < -0.4 is 5.32 Å². The van der Waals surface area contributed by atoms with E-state index in [9.17, 15) is 0 Å². The third-order valence-corrected chi connectivity index (χ3v) is 3.33. The maximum atomic E-state index is 3.48. The third-order valence-electron chi connectivity index (χ3n) is 3.33. The van der Waals surface area contributed by atoms with Crippen molar-refractivity contribution in [2.75, 3.05) is 13.1 Å². The molecule has 0 saturated carbocycles. The predicted octanol–water partition coefficient (Wildman–Crippen LogP) is 4.51.